The number of rotatable bonds is 6. The van der Waals surface area contributed by atoms with Gasteiger partial charge in [-0.25, -0.2) is 0 Å². The Bertz CT molecular complexity index is 558. The van der Waals surface area contributed by atoms with Crippen LogP contribution in [0, 0.1) is 21.7 Å². The average Bonchev–Trinajstić information content (AvgIpc) is 2.50. The number of hydrogen-bond donors (Lipinski definition) is 0. The van der Waals surface area contributed by atoms with Gasteiger partial charge in [0.1, 0.15) is 8.84 Å². The van der Waals surface area contributed by atoms with Gasteiger partial charge in [-0.05, 0) is 83.1 Å². The van der Waals surface area contributed by atoms with Gasteiger partial charge in [0.25, 0.3) is 0 Å². The Morgan fingerprint density at radius 2 is 0.613 bits per heavy atom. The highest BCUT2D eigenvalue weighted by Gasteiger charge is 2.40. The largest absolute Gasteiger partial charge is 0.617 e. The molecule has 8 nitrogen and oxygen atoms in total. The lowest BCUT2D eigenvalue weighted by Gasteiger charge is -2.30. The Hall–Kier alpha value is -1.35. The maximum absolute atomic E-state index is 12.4. The fourth-order valence-electron chi connectivity index (χ4n) is 1.58. The van der Waals surface area contributed by atoms with Crippen molar-refractivity contribution >= 4 is 44.2 Å². The summed E-state index contributed by atoms with van der Waals surface area (Å²) in [6, 6.07) is 0. The van der Waals surface area contributed by atoms with Crippen LogP contribution in [0.3, 0.4) is 0 Å². The lowest BCUT2D eigenvalue weighted by atomic mass is 9.97. The van der Waals surface area contributed by atoms with E-state index in [1.165, 1.54) is 0 Å². The molecule has 9 heteroatoms. The summed E-state index contributed by atoms with van der Waals surface area (Å²) in [5.41, 5.74) is -3.39. The molecule has 0 aliphatic carbocycles. The van der Waals surface area contributed by atoms with Gasteiger partial charge in [0.05, 0.1) is 21.7 Å². The van der Waals surface area contributed by atoms with Crippen LogP contribution in [0.1, 0.15) is 83.1 Å². The summed E-state index contributed by atoms with van der Waals surface area (Å²) in [5.74, 6) is -2.35. The molecular weight excluding hydrogens is 417 g/mol. The average molecular weight is 455 g/mol. The Labute approximate surface area is 195 Å². The van der Waals surface area contributed by atoms with E-state index in [-0.39, 0.29) is 0 Å². The first-order valence-electron chi connectivity index (χ1n) is 10.4. The zero-order chi connectivity index (χ0) is 25.0. The fourth-order valence-corrected chi connectivity index (χ4v) is 2.89. The molecule has 0 aromatic rings. The van der Waals surface area contributed by atoms with Crippen LogP contribution < -0.4 is 0 Å². The smallest absolute Gasteiger partial charge is 0.453 e. The van der Waals surface area contributed by atoms with Gasteiger partial charge in [-0.3, -0.25) is 19.2 Å². The van der Waals surface area contributed by atoms with Crippen molar-refractivity contribution < 1.29 is 38.1 Å². The number of ether oxygens (including phenoxy) is 4. The maximum Gasteiger partial charge on any atom is 0.617 e. The van der Waals surface area contributed by atoms with E-state index in [0.717, 1.165) is 0 Å². The third-order valence-electron chi connectivity index (χ3n) is 3.79. The van der Waals surface area contributed by atoms with E-state index in [2.05, 4.69) is 0 Å². The summed E-state index contributed by atoms with van der Waals surface area (Å²) < 4.78 is 19.2. The third-order valence-corrected chi connectivity index (χ3v) is 5.22. The molecule has 176 valence electrons. The second kappa shape index (κ2) is 10.5. The van der Waals surface area contributed by atoms with E-state index in [4.69, 9.17) is 18.9 Å². The lowest BCUT2D eigenvalue weighted by molar-refractivity contribution is -0.192. The fraction of sp³-hybridized carbons (Fsp3) is 0.818. The minimum atomic E-state index is -1.94. The van der Waals surface area contributed by atoms with Crippen LogP contribution in [-0.4, -0.2) is 53.1 Å². The first-order valence-corrected chi connectivity index (χ1v) is 12.0. The summed E-state index contributed by atoms with van der Waals surface area (Å²) in [5, 5.41) is 0. The van der Waals surface area contributed by atoms with Crippen LogP contribution in [0.4, 0.5) is 0 Å². The van der Waals surface area contributed by atoms with Crippen molar-refractivity contribution in [2.24, 2.45) is 21.7 Å². The monoisotopic (exact) mass is 454 g/mol. The van der Waals surface area contributed by atoms with Crippen molar-refractivity contribution in [2.75, 3.05) is 0 Å². The van der Waals surface area contributed by atoms with Gasteiger partial charge < -0.3 is 18.9 Å². The van der Waals surface area contributed by atoms with Gasteiger partial charge in [0, 0.05) is 0 Å². The summed E-state index contributed by atoms with van der Waals surface area (Å²) >= 11 is -1.94. The van der Waals surface area contributed by atoms with E-state index in [1.54, 1.807) is 83.1 Å². The predicted octanol–water partition coefficient (Wildman–Crippen LogP) is 3.62. The molecule has 0 spiro atoms. The van der Waals surface area contributed by atoms with Crippen LogP contribution in [0.15, 0.2) is 0 Å². The van der Waals surface area contributed by atoms with Crippen molar-refractivity contribution in [2.45, 2.75) is 91.9 Å². The van der Waals surface area contributed by atoms with Crippen molar-refractivity contribution in [3.63, 3.8) is 0 Å². The van der Waals surface area contributed by atoms with Gasteiger partial charge in [-0.15, -0.1) is 0 Å². The van der Waals surface area contributed by atoms with E-state index in [9.17, 15) is 19.2 Å². The predicted molar refractivity (Wildman–Crippen MR) is 116 cm³/mol. The van der Waals surface area contributed by atoms with Gasteiger partial charge in [-0.1, -0.05) is 0 Å². The van der Waals surface area contributed by atoms with E-state index >= 15 is 0 Å². The standard InChI is InChI=1S/2C11H19O4.Mg/c2*1-10(2,3)8(12)14-7-15-9(13)11(4,5)6;/h2*7H,1-6H3;. The molecule has 0 fully saturated rings. The zero-order valence-corrected chi connectivity index (χ0v) is 22.5. The molecule has 0 heterocycles. The Morgan fingerprint density at radius 1 is 0.452 bits per heavy atom. The lowest BCUT2D eigenvalue weighted by Crippen LogP contribution is -2.46. The van der Waals surface area contributed by atoms with Gasteiger partial charge in [0.15, 0.2) is 0 Å². The van der Waals surface area contributed by atoms with Crippen LogP contribution in [0.25, 0.3) is 0 Å². The molecule has 0 rings (SSSR count). The zero-order valence-electron chi connectivity index (χ0n) is 21.1. The highest BCUT2D eigenvalue weighted by Crippen LogP contribution is 2.23. The third kappa shape index (κ3) is 11.2. The topological polar surface area (TPSA) is 105 Å². The molecule has 0 N–H and O–H groups in total. The maximum atomic E-state index is 12.4. The van der Waals surface area contributed by atoms with E-state index in [1.807, 2.05) is 0 Å². The van der Waals surface area contributed by atoms with Crippen molar-refractivity contribution in [1.29, 1.82) is 0 Å². The highest BCUT2D eigenvalue weighted by atomic mass is 24.5. The normalized spacial score (nSPS) is 12.8. The number of esters is 4. The molecule has 0 saturated carbocycles. The minimum absolute atomic E-state index is 0.588. The number of hydrogen-bond acceptors (Lipinski definition) is 8. The van der Waals surface area contributed by atoms with E-state index < -0.39 is 74.7 Å². The Kier molecular flexibility index (Phi) is 10.0. The first-order chi connectivity index (χ1) is 13.5. The van der Waals surface area contributed by atoms with Crippen molar-refractivity contribution in [3.05, 3.63) is 0 Å². The quantitative estimate of drug-likeness (QED) is 0.340. The van der Waals surface area contributed by atoms with Gasteiger partial charge in [0.2, 0.25) is 0 Å². The summed E-state index contributed by atoms with van der Waals surface area (Å²) in [4.78, 5) is 49.8. The van der Waals surface area contributed by atoms with Gasteiger partial charge >= 0.3 is 44.2 Å². The molecule has 0 bridgehead atoms. The van der Waals surface area contributed by atoms with Crippen LogP contribution >= 0.6 is 0 Å². The molecule has 0 aliphatic rings. The van der Waals surface area contributed by atoms with Crippen LogP contribution in [0.5, 0.6) is 0 Å². The molecule has 31 heavy (non-hydrogen) atoms. The van der Waals surface area contributed by atoms with Gasteiger partial charge in [-0.2, -0.15) is 0 Å². The summed E-state index contributed by atoms with van der Waals surface area (Å²) in [6.07, 6.45) is 0. The number of carbonyl (C=O) groups is 4. The van der Waals surface area contributed by atoms with Crippen molar-refractivity contribution in [3.8, 4) is 0 Å². The molecule has 0 saturated heterocycles. The second-order valence-corrected chi connectivity index (χ2v) is 13.5. The molecule has 0 radical (unpaired) electrons. The van der Waals surface area contributed by atoms with E-state index in [0.29, 0.717) is 0 Å². The van der Waals surface area contributed by atoms with Crippen molar-refractivity contribution in [1.82, 2.24) is 0 Å². The van der Waals surface area contributed by atoms with Crippen LogP contribution in [-0.2, 0) is 38.1 Å². The molecule has 0 aromatic carbocycles. The van der Waals surface area contributed by atoms with Crippen LogP contribution in [0.2, 0.25) is 0 Å². The molecule has 0 aliphatic heterocycles. The summed E-state index contributed by atoms with van der Waals surface area (Å²) in [6.45, 7) is 20.0. The molecular formula is C22H38MgO8. The second-order valence-electron chi connectivity index (χ2n) is 11.7. The minimum Gasteiger partial charge on any atom is -0.453 e. The molecule has 0 unspecified atom stereocenters. The summed E-state index contributed by atoms with van der Waals surface area (Å²) in [7, 11) is 0. The number of carbonyl (C=O) groups excluding carboxylic acids is 4. The Morgan fingerprint density at radius 3 is 0.742 bits per heavy atom. The molecule has 0 aromatic heterocycles. The Balaban J connectivity index is 5.84. The molecule has 0 amide bonds. The molecule has 0 atom stereocenters. The first kappa shape index (κ1) is 29.6. The highest BCUT2D eigenvalue weighted by molar-refractivity contribution is 6.38. The SMILES string of the molecule is CC(C)(C)C(=O)O[CH](OC(=O)C(C)(C)C)[Mg][CH](OC(=O)C(C)(C)C)OC(=O)C(C)(C)C.